The second-order valence-electron chi connectivity index (χ2n) is 2.88. The van der Waals surface area contributed by atoms with Gasteiger partial charge < -0.3 is 4.74 Å². The normalized spacial score (nSPS) is 9.50. The molecule has 0 aliphatic rings. The van der Waals surface area contributed by atoms with Gasteiger partial charge >= 0.3 is 0 Å². The molecule has 0 atom stereocenters. The fraction of sp³-hybridized carbons (Fsp3) is 0. The molecule has 0 spiro atoms. The van der Waals surface area contributed by atoms with Crippen LogP contribution >= 0.6 is 0 Å². The molecular weight excluding hydrogens is 209 g/mol. The first kappa shape index (κ1) is 10.1. The SMILES string of the molecule is N#Cc1nccnc1Oc1cccc(F)c1. The zero-order valence-corrected chi connectivity index (χ0v) is 8.09. The Bertz CT molecular complexity index is 551. The topological polar surface area (TPSA) is 58.8 Å². The van der Waals surface area contributed by atoms with Crippen LogP contribution in [0.15, 0.2) is 36.7 Å². The average Bonchev–Trinajstić information content (AvgIpc) is 2.30. The fourth-order valence-electron chi connectivity index (χ4n) is 1.12. The fourth-order valence-corrected chi connectivity index (χ4v) is 1.12. The molecule has 5 heteroatoms. The molecule has 0 radical (unpaired) electrons. The smallest absolute Gasteiger partial charge is 0.256 e. The summed E-state index contributed by atoms with van der Waals surface area (Å²) in [7, 11) is 0. The van der Waals surface area contributed by atoms with Gasteiger partial charge in [0.25, 0.3) is 5.88 Å². The van der Waals surface area contributed by atoms with E-state index in [0.29, 0.717) is 0 Å². The molecule has 0 amide bonds. The van der Waals surface area contributed by atoms with E-state index in [1.807, 2.05) is 6.07 Å². The molecule has 1 aromatic heterocycles. The van der Waals surface area contributed by atoms with Crippen LogP contribution in [0.2, 0.25) is 0 Å². The maximum Gasteiger partial charge on any atom is 0.256 e. The van der Waals surface area contributed by atoms with Crippen molar-refractivity contribution in [3.05, 3.63) is 48.2 Å². The van der Waals surface area contributed by atoms with E-state index < -0.39 is 5.82 Å². The monoisotopic (exact) mass is 215 g/mol. The quantitative estimate of drug-likeness (QED) is 0.771. The Hall–Kier alpha value is -2.48. The molecule has 0 N–H and O–H groups in total. The molecule has 0 fully saturated rings. The minimum absolute atomic E-state index is 0.0618. The third kappa shape index (κ3) is 2.12. The van der Waals surface area contributed by atoms with E-state index in [9.17, 15) is 4.39 Å². The van der Waals surface area contributed by atoms with Gasteiger partial charge in [0.1, 0.15) is 17.6 Å². The summed E-state index contributed by atoms with van der Waals surface area (Å²) in [6.07, 6.45) is 2.78. The van der Waals surface area contributed by atoms with Crippen molar-refractivity contribution < 1.29 is 9.13 Å². The van der Waals surface area contributed by atoms with Gasteiger partial charge in [0.05, 0.1) is 0 Å². The Labute approximate surface area is 91.0 Å². The van der Waals surface area contributed by atoms with Crippen LogP contribution in [0.1, 0.15) is 5.69 Å². The number of hydrogen-bond acceptors (Lipinski definition) is 4. The molecule has 2 aromatic rings. The van der Waals surface area contributed by atoms with Crippen LogP contribution in [0.4, 0.5) is 4.39 Å². The third-order valence-electron chi connectivity index (χ3n) is 1.78. The van der Waals surface area contributed by atoms with Gasteiger partial charge in [-0.25, -0.2) is 14.4 Å². The van der Waals surface area contributed by atoms with E-state index in [-0.39, 0.29) is 17.3 Å². The minimum atomic E-state index is -0.417. The second-order valence-corrected chi connectivity index (χ2v) is 2.88. The number of benzene rings is 1. The summed E-state index contributed by atoms with van der Waals surface area (Å²) in [6, 6.07) is 7.42. The van der Waals surface area contributed by atoms with Crippen LogP contribution in [0.3, 0.4) is 0 Å². The highest BCUT2D eigenvalue weighted by molar-refractivity contribution is 5.34. The second kappa shape index (κ2) is 4.36. The summed E-state index contributed by atoms with van der Waals surface area (Å²) >= 11 is 0. The zero-order chi connectivity index (χ0) is 11.4. The van der Waals surface area contributed by atoms with E-state index in [1.165, 1.54) is 30.6 Å². The predicted octanol–water partition coefficient (Wildman–Crippen LogP) is 2.28. The summed E-state index contributed by atoms with van der Waals surface area (Å²) in [5, 5.41) is 8.74. The number of aromatic nitrogens is 2. The summed E-state index contributed by atoms with van der Waals surface area (Å²) < 4.78 is 18.1. The Balaban J connectivity index is 2.31. The highest BCUT2D eigenvalue weighted by Gasteiger charge is 2.06. The van der Waals surface area contributed by atoms with E-state index >= 15 is 0 Å². The molecule has 4 nitrogen and oxygen atoms in total. The number of halogens is 1. The van der Waals surface area contributed by atoms with E-state index in [2.05, 4.69) is 9.97 Å². The molecule has 16 heavy (non-hydrogen) atoms. The van der Waals surface area contributed by atoms with Gasteiger partial charge in [-0.3, -0.25) is 0 Å². The number of nitrogens with zero attached hydrogens (tertiary/aromatic N) is 3. The lowest BCUT2D eigenvalue weighted by atomic mass is 10.3. The van der Waals surface area contributed by atoms with Crippen molar-refractivity contribution in [2.75, 3.05) is 0 Å². The van der Waals surface area contributed by atoms with E-state index in [1.54, 1.807) is 6.07 Å². The van der Waals surface area contributed by atoms with Crippen molar-refractivity contribution in [2.45, 2.75) is 0 Å². The van der Waals surface area contributed by atoms with Crippen LogP contribution in [-0.2, 0) is 0 Å². The van der Waals surface area contributed by atoms with Crippen molar-refractivity contribution in [1.82, 2.24) is 9.97 Å². The van der Waals surface area contributed by atoms with E-state index in [4.69, 9.17) is 10.00 Å². The molecule has 0 unspecified atom stereocenters. The molecule has 1 heterocycles. The van der Waals surface area contributed by atoms with Gasteiger partial charge in [-0.15, -0.1) is 0 Å². The Morgan fingerprint density at radius 1 is 1.25 bits per heavy atom. The highest BCUT2D eigenvalue weighted by Crippen LogP contribution is 2.21. The van der Waals surface area contributed by atoms with Gasteiger partial charge in [0.2, 0.25) is 5.69 Å². The van der Waals surface area contributed by atoms with Crippen LogP contribution < -0.4 is 4.74 Å². The summed E-state index contributed by atoms with van der Waals surface area (Å²) in [6.45, 7) is 0. The Kier molecular flexibility index (Phi) is 2.74. The van der Waals surface area contributed by atoms with Crippen LogP contribution in [0.25, 0.3) is 0 Å². The zero-order valence-electron chi connectivity index (χ0n) is 8.09. The van der Waals surface area contributed by atoms with Crippen LogP contribution in [0, 0.1) is 17.1 Å². The summed E-state index contributed by atoms with van der Waals surface area (Å²) in [5.41, 5.74) is 0.0618. The average molecular weight is 215 g/mol. The third-order valence-corrected chi connectivity index (χ3v) is 1.78. The largest absolute Gasteiger partial charge is 0.436 e. The standard InChI is InChI=1S/C11H6FN3O/c12-8-2-1-3-9(6-8)16-11-10(7-13)14-4-5-15-11/h1-6H. The van der Waals surface area contributed by atoms with E-state index in [0.717, 1.165) is 0 Å². The first-order chi connectivity index (χ1) is 7.79. The number of ether oxygens (including phenoxy) is 1. The van der Waals surface area contributed by atoms with Crippen molar-refractivity contribution in [3.8, 4) is 17.7 Å². The molecule has 0 saturated carbocycles. The van der Waals surface area contributed by atoms with Crippen molar-refractivity contribution in [1.29, 1.82) is 5.26 Å². The van der Waals surface area contributed by atoms with Gasteiger partial charge in [0.15, 0.2) is 0 Å². The van der Waals surface area contributed by atoms with Gasteiger partial charge in [-0.05, 0) is 12.1 Å². The minimum Gasteiger partial charge on any atom is -0.436 e. The maximum absolute atomic E-state index is 12.9. The summed E-state index contributed by atoms with van der Waals surface area (Å²) in [4.78, 5) is 7.62. The molecule has 0 bridgehead atoms. The molecule has 0 saturated heterocycles. The summed E-state index contributed by atoms with van der Waals surface area (Å²) in [5.74, 6) is -0.0764. The van der Waals surface area contributed by atoms with Crippen molar-refractivity contribution in [2.24, 2.45) is 0 Å². The number of rotatable bonds is 2. The lowest BCUT2D eigenvalue weighted by Gasteiger charge is -2.04. The van der Waals surface area contributed by atoms with Gasteiger partial charge in [0, 0.05) is 18.5 Å². The molecule has 0 aliphatic heterocycles. The molecular formula is C11H6FN3O. The van der Waals surface area contributed by atoms with Crippen molar-refractivity contribution in [3.63, 3.8) is 0 Å². The first-order valence-corrected chi connectivity index (χ1v) is 4.44. The molecule has 1 aromatic carbocycles. The molecule has 0 aliphatic carbocycles. The molecule has 2 rings (SSSR count). The van der Waals surface area contributed by atoms with Crippen molar-refractivity contribution >= 4 is 0 Å². The molecule has 78 valence electrons. The maximum atomic E-state index is 12.9. The lowest BCUT2D eigenvalue weighted by molar-refractivity contribution is 0.453. The lowest BCUT2D eigenvalue weighted by Crippen LogP contribution is -1.94. The van der Waals surface area contributed by atoms with Crippen LogP contribution in [-0.4, -0.2) is 9.97 Å². The highest BCUT2D eigenvalue weighted by atomic mass is 19.1. The first-order valence-electron chi connectivity index (χ1n) is 4.44. The Morgan fingerprint density at radius 2 is 2.06 bits per heavy atom. The number of hydrogen-bond donors (Lipinski definition) is 0. The Morgan fingerprint density at radius 3 is 2.81 bits per heavy atom. The number of nitriles is 1. The predicted molar refractivity (Wildman–Crippen MR) is 53.2 cm³/mol. The van der Waals surface area contributed by atoms with Gasteiger partial charge in [-0.1, -0.05) is 6.07 Å². The van der Waals surface area contributed by atoms with Gasteiger partial charge in [-0.2, -0.15) is 5.26 Å². The van der Waals surface area contributed by atoms with Crippen LogP contribution in [0.5, 0.6) is 11.6 Å².